The maximum Gasteiger partial charge on any atom is 0.0913 e. The second-order valence-corrected chi connectivity index (χ2v) is 8.75. The molecule has 0 saturated carbocycles. The fraction of sp³-hybridized carbons (Fsp3) is 0.0714. The van der Waals surface area contributed by atoms with E-state index in [1.165, 1.54) is 0 Å². The Morgan fingerprint density at radius 3 is 0.917 bits per heavy atom. The lowest BCUT2D eigenvalue weighted by molar-refractivity contribution is 1.30. The highest BCUT2D eigenvalue weighted by molar-refractivity contribution is 6.21. The Morgan fingerprint density at radius 1 is 0.417 bits per heavy atom. The van der Waals surface area contributed by atoms with Crippen LogP contribution >= 0.6 is 0 Å². The first kappa shape index (κ1) is 20.4. The van der Waals surface area contributed by atoms with Crippen molar-refractivity contribution in [3.8, 4) is 0 Å². The predicted octanol–water partition coefficient (Wildman–Crippen LogP) is 6.29. The molecule has 7 rings (SSSR count). The zero-order chi connectivity index (χ0) is 23.9. The normalized spacial score (nSPS) is 15.1. The summed E-state index contributed by atoms with van der Waals surface area (Å²) < 4.78 is 0. The Balaban J connectivity index is 1.45. The van der Waals surface area contributed by atoms with Gasteiger partial charge >= 0.3 is 0 Å². The third-order valence-electron chi connectivity index (χ3n) is 6.40. The fourth-order valence-corrected chi connectivity index (χ4v) is 4.63. The first-order valence-corrected chi connectivity index (χ1v) is 11.8. The molecule has 4 N–H and O–H groups in total. The molecule has 0 spiro atoms. The molecule has 174 valence electrons. The molecule has 0 radical (unpaired) electrons. The van der Waals surface area contributed by atoms with Crippen LogP contribution in [-0.2, 0) is 0 Å². The molecule has 5 aromatic rings. The van der Waals surface area contributed by atoms with Crippen LogP contribution in [0.2, 0.25) is 0 Å². The van der Waals surface area contributed by atoms with E-state index in [1.54, 1.807) is 0 Å². The van der Waals surface area contributed by atoms with Crippen molar-refractivity contribution in [1.29, 1.82) is 0 Å². The van der Waals surface area contributed by atoms with Crippen LogP contribution in [-0.4, -0.2) is 42.8 Å². The number of rotatable bonds is 4. The highest BCUT2D eigenvalue weighted by atomic mass is 14.9. The van der Waals surface area contributed by atoms with Crippen LogP contribution in [0.15, 0.2) is 105 Å². The van der Waals surface area contributed by atoms with Crippen LogP contribution in [0, 0.1) is 0 Å². The monoisotopic (exact) mass is 470 g/mol. The molecule has 0 bridgehead atoms. The molecule has 2 aliphatic rings. The molecule has 4 aromatic heterocycles. The van der Waals surface area contributed by atoms with E-state index in [0.29, 0.717) is 12.8 Å². The number of aliphatic imine (C=N–C) groups is 4. The van der Waals surface area contributed by atoms with Gasteiger partial charge in [-0.15, -0.1) is 0 Å². The van der Waals surface area contributed by atoms with Gasteiger partial charge in [-0.1, -0.05) is 0 Å². The Labute approximate surface area is 206 Å². The lowest BCUT2D eigenvalue weighted by Gasteiger charge is -2.06. The van der Waals surface area contributed by atoms with Crippen molar-refractivity contribution in [2.75, 3.05) is 0 Å². The topological polar surface area (TPSA) is 113 Å². The van der Waals surface area contributed by atoms with Gasteiger partial charge in [-0.25, -0.2) is 20.0 Å². The Kier molecular flexibility index (Phi) is 4.73. The van der Waals surface area contributed by atoms with E-state index >= 15 is 0 Å². The number of hydrogen-bond acceptors (Lipinski definition) is 4. The molecule has 0 saturated heterocycles. The van der Waals surface area contributed by atoms with Crippen molar-refractivity contribution in [3.63, 3.8) is 0 Å². The van der Waals surface area contributed by atoms with E-state index in [2.05, 4.69) is 19.9 Å². The summed E-state index contributed by atoms with van der Waals surface area (Å²) in [6, 6.07) is 20.1. The fourth-order valence-electron chi connectivity index (χ4n) is 4.63. The highest BCUT2D eigenvalue weighted by Crippen LogP contribution is 2.43. The van der Waals surface area contributed by atoms with Crippen molar-refractivity contribution in [2.45, 2.75) is 12.8 Å². The minimum Gasteiger partial charge on any atom is -0.360 e. The molecule has 36 heavy (non-hydrogen) atoms. The van der Waals surface area contributed by atoms with Crippen LogP contribution in [0.4, 0.5) is 22.7 Å². The SMILES string of the molecule is c1c[nH]c(C2=Nc3cc4c(cc3N=C(c3ccc[nH]3)C2)N=C(c2ccc[nH]2)CC(c2ccc[nH]2)=N4)c1. The number of benzene rings is 1. The molecule has 0 aliphatic carbocycles. The van der Waals surface area contributed by atoms with Gasteiger partial charge in [0.1, 0.15) is 0 Å². The van der Waals surface area contributed by atoms with E-state index < -0.39 is 0 Å². The third-order valence-corrected chi connectivity index (χ3v) is 6.40. The minimum atomic E-state index is 0.592. The Morgan fingerprint density at radius 2 is 0.694 bits per heavy atom. The minimum absolute atomic E-state index is 0.592. The number of H-pyrrole nitrogens is 4. The second-order valence-electron chi connectivity index (χ2n) is 8.75. The van der Waals surface area contributed by atoms with Gasteiger partial charge in [0.15, 0.2) is 0 Å². The van der Waals surface area contributed by atoms with Crippen LogP contribution < -0.4 is 0 Å². The highest BCUT2D eigenvalue weighted by Gasteiger charge is 2.22. The quantitative estimate of drug-likeness (QED) is 0.237. The Bertz CT molecular complexity index is 1400. The molecule has 0 unspecified atom stereocenters. The van der Waals surface area contributed by atoms with Gasteiger partial charge in [0, 0.05) is 37.6 Å². The summed E-state index contributed by atoms with van der Waals surface area (Å²) in [7, 11) is 0. The number of nitrogens with zero attached hydrogens (tertiary/aromatic N) is 4. The molecule has 6 heterocycles. The second kappa shape index (κ2) is 8.35. The Hall–Kier alpha value is -4.98. The molecule has 2 aliphatic heterocycles. The molecule has 1 aromatic carbocycles. The van der Waals surface area contributed by atoms with Gasteiger partial charge in [0.25, 0.3) is 0 Å². The van der Waals surface area contributed by atoms with Crippen LogP contribution in [0.1, 0.15) is 35.6 Å². The van der Waals surface area contributed by atoms with E-state index in [0.717, 1.165) is 68.4 Å². The summed E-state index contributed by atoms with van der Waals surface area (Å²) in [4.78, 5) is 33.4. The number of nitrogens with one attached hydrogen (secondary N) is 4. The largest absolute Gasteiger partial charge is 0.360 e. The number of aromatic amines is 4. The molecule has 0 amide bonds. The molecule has 8 nitrogen and oxygen atoms in total. The van der Waals surface area contributed by atoms with Gasteiger partial charge in [-0.3, -0.25) is 0 Å². The summed E-state index contributed by atoms with van der Waals surface area (Å²) >= 11 is 0. The van der Waals surface area contributed by atoms with Crippen LogP contribution in [0.5, 0.6) is 0 Å². The van der Waals surface area contributed by atoms with E-state index in [9.17, 15) is 0 Å². The van der Waals surface area contributed by atoms with Crippen molar-refractivity contribution in [2.24, 2.45) is 20.0 Å². The van der Waals surface area contributed by atoms with Gasteiger partial charge in [0.2, 0.25) is 0 Å². The van der Waals surface area contributed by atoms with E-state index in [-0.39, 0.29) is 0 Å². The first-order valence-electron chi connectivity index (χ1n) is 11.8. The summed E-state index contributed by atoms with van der Waals surface area (Å²) in [6.45, 7) is 0. The summed E-state index contributed by atoms with van der Waals surface area (Å²) in [5, 5.41) is 0. The average Bonchev–Trinajstić information content (AvgIpc) is 3.70. The average molecular weight is 471 g/mol. The zero-order valence-corrected chi connectivity index (χ0v) is 19.3. The summed E-state index contributed by atoms with van der Waals surface area (Å²) in [5.41, 5.74) is 10.7. The molecular formula is C28H22N8. The van der Waals surface area contributed by atoms with Crippen molar-refractivity contribution >= 4 is 45.6 Å². The first-order chi connectivity index (χ1) is 17.8. The number of hydrogen-bond donors (Lipinski definition) is 4. The standard InChI is InChI=1S/C28H22N8/c1-5-17(29-9-1)21-13-22(18-6-2-10-30-18)34-26-16-28-27(15-25(26)33-21)35-23(19-7-3-11-31-19)14-24(36-28)20-8-4-12-32-20/h1-12,15-16,29-32H,13-14H2. The van der Waals surface area contributed by atoms with Gasteiger partial charge in [-0.05, 0) is 60.7 Å². The smallest absolute Gasteiger partial charge is 0.0913 e. The van der Waals surface area contributed by atoms with Crippen LogP contribution in [0.3, 0.4) is 0 Å². The van der Waals surface area contributed by atoms with E-state index in [4.69, 9.17) is 20.0 Å². The number of aromatic nitrogens is 4. The lowest BCUT2D eigenvalue weighted by atomic mass is 10.1. The van der Waals surface area contributed by atoms with Crippen molar-refractivity contribution < 1.29 is 0 Å². The summed E-state index contributed by atoms with van der Waals surface area (Å²) in [5.74, 6) is 0. The molecule has 0 fully saturated rings. The van der Waals surface area contributed by atoms with Gasteiger partial charge < -0.3 is 19.9 Å². The molecule has 8 heteroatoms. The molecule has 0 atom stereocenters. The van der Waals surface area contributed by atoms with Gasteiger partial charge in [-0.2, -0.15) is 0 Å². The zero-order valence-electron chi connectivity index (χ0n) is 19.3. The van der Waals surface area contributed by atoms with Crippen LogP contribution in [0.25, 0.3) is 0 Å². The van der Waals surface area contributed by atoms with Crippen molar-refractivity contribution in [1.82, 2.24) is 19.9 Å². The maximum absolute atomic E-state index is 5.06. The van der Waals surface area contributed by atoms with Gasteiger partial charge in [0.05, 0.1) is 68.4 Å². The maximum atomic E-state index is 5.06. The number of fused-ring (bicyclic) bond motifs is 2. The van der Waals surface area contributed by atoms with Crippen molar-refractivity contribution in [3.05, 3.63) is 108 Å². The molecular weight excluding hydrogens is 448 g/mol. The summed E-state index contributed by atoms with van der Waals surface area (Å²) in [6.07, 6.45) is 8.83. The third kappa shape index (κ3) is 3.65. The lowest BCUT2D eigenvalue weighted by Crippen LogP contribution is -2.10. The van der Waals surface area contributed by atoms with E-state index in [1.807, 2.05) is 85.5 Å². The predicted molar refractivity (Wildman–Crippen MR) is 144 cm³/mol.